The van der Waals surface area contributed by atoms with Crippen LogP contribution in [0.4, 0.5) is 0 Å². The number of nitrogens with one attached hydrogen (secondary N) is 1. The summed E-state index contributed by atoms with van der Waals surface area (Å²) in [5.74, 6) is 0.249. The average Bonchev–Trinajstić information content (AvgIpc) is 2.57. The topological polar surface area (TPSA) is 32.3 Å². The molecule has 1 aromatic rings. The quantitative estimate of drug-likeness (QED) is 0.835. The number of nitrogens with zero attached hydrogens (tertiary/aromatic N) is 1. The molecule has 92 valence electrons. The molecule has 0 aromatic heterocycles. The van der Waals surface area contributed by atoms with E-state index in [0.717, 1.165) is 38.2 Å². The van der Waals surface area contributed by atoms with Gasteiger partial charge in [0, 0.05) is 19.6 Å². The van der Waals surface area contributed by atoms with Crippen LogP contribution in [0.2, 0.25) is 0 Å². The van der Waals surface area contributed by atoms with E-state index >= 15 is 0 Å². The first kappa shape index (κ1) is 12.1. The van der Waals surface area contributed by atoms with Crippen LogP contribution in [0.1, 0.15) is 17.5 Å². The Morgan fingerprint density at radius 2 is 2.24 bits per heavy atom. The second-order valence-corrected chi connectivity index (χ2v) is 4.65. The van der Waals surface area contributed by atoms with Gasteiger partial charge in [-0.1, -0.05) is 29.8 Å². The maximum Gasteiger partial charge on any atom is 0.227 e. The van der Waals surface area contributed by atoms with Gasteiger partial charge in [0.05, 0.1) is 6.42 Å². The number of rotatable bonds is 2. The molecule has 1 heterocycles. The van der Waals surface area contributed by atoms with Gasteiger partial charge < -0.3 is 10.2 Å². The maximum absolute atomic E-state index is 12.1. The van der Waals surface area contributed by atoms with E-state index in [2.05, 4.69) is 24.4 Å². The predicted molar refractivity (Wildman–Crippen MR) is 68.9 cm³/mol. The molecule has 0 atom stereocenters. The minimum atomic E-state index is 0.249. The van der Waals surface area contributed by atoms with E-state index in [1.165, 1.54) is 5.56 Å². The molecule has 0 bridgehead atoms. The molecule has 17 heavy (non-hydrogen) atoms. The summed E-state index contributed by atoms with van der Waals surface area (Å²) in [5, 5.41) is 3.31. The van der Waals surface area contributed by atoms with Crippen LogP contribution in [0.15, 0.2) is 24.3 Å². The SMILES string of the molecule is Cc1cccc(CC(=O)N2CCCNCC2)c1. The lowest BCUT2D eigenvalue weighted by Crippen LogP contribution is -2.35. The van der Waals surface area contributed by atoms with Crippen LogP contribution in [0.5, 0.6) is 0 Å². The Morgan fingerprint density at radius 3 is 3.06 bits per heavy atom. The highest BCUT2D eigenvalue weighted by molar-refractivity contribution is 5.78. The van der Waals surface area contributed by atoms with Gasteiger partial charge in [-0.2, -0.15) is 0 Å². The number of hydrogen-bond donors (Lipinski definition) is 1. The molecule has 1 fully saturated rings. The molecular formula is C14H20N2O. The zero-order chi connectivity index (χ0) is 12.1. The zero-order valence-corrected chi connectivity index (χ0v) is 10.4. The molecule has 1 aliphatic heterocycles. The van der Waals surface area contributed by atoms with Gasteiger partial charge in [0.2, 0.25) is 5.91 Å². The third-order valence-corrected chi connectivity index (χ3v) is 3.13. The highest BCUT2D eigenvalue weighted by atomic mass is 16.2. The number of carbonyl (C=O) groups is 1. The third kappa shape index (κ3) is 3.56. The molecule has 0 radical (unpaired) electrons. The van der Waals surface area contributed by atoms with Crippen LogP contribution in [0.3, 0.4) is 0 Å². The molecule has 3 heteroatoms. The molecule has 1 amide bonds. The summed E-state index contributed by atoms with van der Waals surface area (Å²) in [6.07, 6.45) is 1.58. The highest BCUT2D eigenvalue weighted by Gasteiger charge is 2.15. The second-order valence-electron chi connectivity index (χ2n) is 4.65. The van der Waals surface area contributed by atoms with Crippen molar-refractivity contribution < 1.29 is 4.79 Å². The number of aryl methyl sites for hydroxylation is 1. The Labute approximate surface area is 103 Å². The lowest BCUT2D eigenvalue weighted by atomic mass is 10.1. The Kier molecular flexibility index (Phi) is 4.15. The minimum absolute atomic E-state index is 0.249. The fourth-order valence-corrected chi connectivity index (χ4v) is 2.20. The van der Waals surface area contributed by atoms with E-state index in [1.54, 1.807) is 0 Å². The Bertz CT molecular complexity index is 382. The van der Waals surface area contributed by atoms with Gasteiger partial charge in [-0.25, -0.2) is 0 Å². The van der Waals surface area contributed by atoms with Crippen molar-refractivity contribution in [2.75, 3.05) is 26.2 Å². The molecule has 1 saturated heterocycles. The first-order chi connectivity index (χ1) is 8.25. The van der Waals surface area contributed by atoms with E-state index in [1.807, 2.05) is 17.0 Å². The molecule has 0 spiro atoms. The van der Waals surface area contributed by atoms with Crippen molar-refractivity contribution in [1.29, 1.82) is 0 Å². The summed E-state index contributed by atoms with van der Waals surface area (Å²) in [7, 11) is 0. The Balaban J connectivity index is 1.95. The number of hydrogen-bond acceptors (Lipinski definition) is 2. The van der Waals surface area contributed by atoms with Crippen molar-refractivity contribution in [2.24, 2.45) is 0 Å². The summed E-state index contributed by atoms with van der Waals surface area (Å²) >= 11 is 0. The van der Waals surface area contributed by atoms with Gasteiger partial charge in [0.1, 0.15) is 0 Å². The number of carbonyl (C=O) groups excluding carboxylic acids is 1. The molecule has 0 unspecified atom stereocenters. The highest BCUT2D eigenvalue weighted by Crippen LogP contribution is 2.07. The van der Waals surface area contributed by atoms with E-state index in [-0.39, 0.29) is 5.91 Å². The minimum Gasteiger partial charge on any atom is -0.341 e. The Hall–Kier alpha value is -1.35. The van der Waals surface area contributed by atoms with Gasteiger partial charge in [-0.3, -0.25) is 4.79 Å². The summed E-state index contributed by atoms with van der Waals surface area (Å²) in [6.45, 7) is 5.72. The van der Waals surface area contributed by atoms with Crippen molar-refractivity contribution in [1.82, 2.24) is 10.2 Å². The van der Waals surface area contributed by atoms with Gasteiger partial charge in [-0.05, 0) is 25.5 Å². The van der Waals surface area contributed by atoms with E-state index < -0.39 is 0 Å². The van der Waals surface area contributed by atoms with Crippen molar-refractivity contribution in [2.45, 2.75) is 19.8 Å². The number of benzene rings is 1. The van der Waals surface area contributed by atoms with E-state index in [9.17, 15) is 4.79 Å². The van der Waals surface area contributed by atoms with Crippen LogP contribution in [0.25, 0.3) is 0 Å². The van der Waals surface area contributed by atoms with Crippen molar-refractivity contribution >= 4 is 5.91 Å². The molecule has 1 N–H and O–H groups in total. The molecular weight excluding hydrogens is 212 g/mol. The van der Waals surface area contributed by atoms with Crippen molar-refractivity contribution in [3.63, 3.8) is 0 Å². The molecule has 2 rings (SSSR count). The fraction of sp³-hybridized carbons (Fsp3) is 0.500. The first-order valence-electron chi connectivity index (χ1n) is 6.30. The van der Waals surface area contributed by atoms with Gasteiger partial charge in [0.15, 0.2) is 0 Å². The van der Waals surface area contributed by atoms with Crippen LogP contribution >= 0.6 is 0 Å². The van der Waals surface area contributed by atoms with Crippen LogP contribution < -0.4 is 5.32 Å². The number of amides is 1. The molecule has 0 saturated carbocycles. The monoisotopic (exact) mass is 232 g/mol. The largest absolute Gasteiger partial charge is 0.341 e. The molecule has 1 aliphatic rings. The van der Waals surface area contributed by atoms with Crippen molar-refractivity contribution in [3.05, 3.63) is 35.4 Å². The predicted octanol–water partition coefficient (Wildman–Crippen LogP) is 1.36. The van der Waals surface area contributed by atoms with Crippen LogP contribution in [0, 0.1) is 6.92 Å². The first-order valence-corrected chi connectivity index (χ1v) is 6.30. The molecule has 1 aromatic carbocycles. The van der Waals surface area contributed by atoms with Crippen LogP contribution in [-0.2, 0) is 11.2 Å². The smallest absolute Gasteiger partial charge is 0.227 e. The third-order valence-electron chi connectivity index (χ3n) is 3.13. The fourth-order valence-electron chi connectivity index (χ4n) is 2.20. The lowest BCUT2D eigenvalue weighted by molar-refractivity contribution is -0.130. The zero-order valence-electron chi connectivity index (χ0n) is 10.4. The summed E-state index contributed by atoms with van der Waals surface area (Å²) < 4.78 is 0. The van der Waals surface area contributed by atoms with Gasteiger partial charge in [0.25, 0.3) is 0 Å². The standard InChI is InChI=1S/C14H20N2O/c1-12-4-2-5-13(10-12)11-14(17)16-8-3-6-15-7-9-16/h2,4-5,10,15H,3,6-9,11H2,1H3. The lowest BCUT2D eigenvalue weighted by Gasteiger charge is -2.20. The summed E-state index contributed by atoms with van der Waals surface area (Å²) in [4.78, 5) is 14.1. The van der Waals surface area contributed by atoms with Gasteiger partial charge in [-0.15, -0.1) is 0 Å². The van der Waals surface area contributed by atoms with Crippen molar-refractivity contribution in [3.8, 4) is 0 Å². The van der Waals surface area contributed by atoms with E-state index in [4.69, 9.17) is 0 Å². The summed E-state index contributed by atoms with van der Waals surface area (Å²) in [5.41, 5.74) is 2.33. The second kappa shape index (κ2) is 5.82. The maximum atomic E-state index is 12.1. The van der Waals surface area contributed by atoms with Gasteiger partial charge >= 0.3 is 0 Å². The molecule has 3 nitrogen and oxygen atoms in total. The molecule has 0 aliphatic carbocycles. The normalized spacial score (nSPS) is 16.6. The summed E-state index contributed by atoms with van der Waals surface area (Å²) in [6, 6.07) is 8.20. The average molecular weight is 232 g/mol. The van der Waals surface area contributed by atoms with E-state index in [0.29, 0.717) is 6.42 Å². The van der Waals surface area contributed by atoms with Crippen LogP contribution in [-0.4, -0.2) is 37.0 Å². The Morgan fingerprint density at radius 1 is 1.35 bits per heavy atom.